The lowest BCUT2D eigenvalue weighted by Crippen LogP contribution is -2.38. The van der Waals surface area contributed by atoms with E-state index in [2.05, 4.69) is 4.98 Å². The number of hydrogen-bond donors (Lipinski definition) is 1. The first-order valence-corrected chi connectivity index (χ1v) is 6.83. The number of ether oxygens (including phenoxy) is 1. The largest absolute Gasteiger partial charge is 0.467 e. The van der Waals surface area contributed by atoms with Crippen LogP contribution < -0.4 is 4.74 Å². The molecule has 2 rings (SSSR count). The zero-order valence-electron chi connectivity index (χ0n) is 11.8. The predicted molar refractivity (Wildman–Crippen MR) is 78.8 cm³/mol. The Labute approximate surface area is 124 Å². The first-order chi connectivity index (χ1) is 9.38. The number of aromatic nitrogens is 2. The summed E-state index contributed by atoms with van der Waals surface area (Å²) in [6.45, 7) is 5.90. The third-order valence-corrected chi connectivity index (χ3v) is 3.30. The van der Waals surface area contributed by atoms with Crippen molar-refractivity contribution in [2.45, 2.75) is 33.1 Å². The number of aliphatic hydroxyl groups excluding tert-OH is 1. The van der Waals surface area contributed by atoms with E-state index in [1.54, 1.807) is 47.6 Å². The zero-order valence-corrected chi connectivity index (χ0v) is 12.6. The minimum atomic E-state index is -0.688. The highest BCUT2D eigenvalue weighted by atomic mass is 35.5. The quantitative estimate of drug-likeness (QED) is 0.938. The molecule has 2 aromatic rings. The molecule has 0 spiro atoms. The first-order valence-electron chi connectivity index (χ1n) is 6.45. The minimum Gasteiger partial charge on any atom is -0.467 e. The summed E-state index contributed by atoms with van der Waals surface area (Å²) < 4.78 is 7.67. The molecule has 0 radical (unpaired) electrons. The number of imidazole rings is 1. The maximum atomic E-state index is 10.5. The SMILES string of the molecule is CC(C)(C)[C@H](O)[C@@H](Oc1ccc(Cl)cc1)n1ccnc1. The standard InChI is InChI=1S/C15H19ClN2O2/c1-15(2,3)13(19)14(18-9-8-17-10-18)20-12-6-4-11(16)5-7-12/h4-10,13-14,19H,1-3H3/t13-,14-/m1/s1. The lowest BCUT2D eigenvalue weighted by molar-refractivity contribution is -0.0674. The molecule has 0 fully saturated rings. The number of nitrogens with zero attached hydrogens (tertiary/aromatic N) is 2. The van der Waals surface area contributed by atoms with Gasteiger partial charge in [-0.25, -0.2) is 4.98 Å². The van der Waals surface area contributed by atoms with Gasteiger partial charge in [0.05, 0.1) is 6.33 Å². The van der Waals surface area contributed by atoms with Gasteiger partial charge in [0.1, 0.15) is 11.9 Å². The van der Waals surface area contributed by atoms with Gasteiger partial charge >= 0.3 is 0 Å². The molecular formula is C15H19ClN2O2. The Hall–Kier alpha value is -1.52. The molecule has 4 nitrogen and oxygen atoms in total. The summed E-state index contributed by atoms with van der Waals surface area (Å²) in [6, 6.07) is 7.07. The molecule has 108 valence electrons. The van der Waals surface area contributed by atoms with Crippen LogP contribution in [0.5, 0.6) is 5.75 Å². The van der Waals surface area contributed by atoms with Crippen molar-refractivity contribution in [1.29, 1.82) is 0 Å². The highest BCUT2D eigenvalue weighted by Gasteiger charge is 2.33. The topological polar surface area (TPSA) is 47.3 Å². The van der Waals surface area contributed by atoms with Crippen LogP contribution in [-0.2, 0) is 0 Å². The van der Waals surface area contributed by atoms with E-state index in [1.165, 1.54) is 0 Å². The highest BCUT2D eigenvalue weighted by Crippen LogP contribution is 2.30. The molecule has 0 saturated carbocycles. The summed E-state index contributed by atoms with van der Waals surface area (Å²) in [5.41, 5.74) is -0.318. The van der Waals surface area contributed by atoms with E-state index in [0.29, 0.717) is 10.8 Å². The van der Waals surface area contributed by atoms with Crippen molar-refractivity contribution >= 4 is 11.6 Å². The average molecular weight is 295 g/mol. The van der Waals surface area contributed by atoms with Crippen molar-refractivity contribution in [3.63, 3.8) is 0 Å². The molecular weight excluding hydrogens is 276 g/mol. The van der Waals surface area contributed by atoms with Gasteiger partial charge in [-0.05, 0) is 29.7 Å². The van der Waals surface area contributed by atoms with E-state index in [1.807, 2.05) is 20.8 Å². The molecule has 0 aliphatic heterocycles. The van der Waals surface area contributed by atoms with Gasteiger partial charge in [0.25, 0.3) is 0 Å². The van der Waals surface area contributed by atoms with Gasteiger partial charge in [0.15, 0.2) is 0 Å². The van der Waals surface area contributed by atoms with Crippen LogP contribution in [0.2, 0.25) is 5.02 Å². The molecule has 0 aliphatic rings. The van der Waals surface area contributed by atoms with E-state index in [-0.39, 0.29) is 5.41 Å². The third kappa shape index (κ3) is 3.52. The summed E-state index contributed by atoms with van der Waals surface area (Å²) in [4.78, 5) is 4.01. The van der Waals surface area contributed by atoms with Crippen molar-refractivity contribution in [2.24, 2.45) is 5.41 Å². The molecule has 20 heavy (non-hydrogen) atoms. The Balaban J connectivity index is 2.26. The Kier molecular flexibility index (Phi) is 4.35. The van der Waals surface area contributed by atoms with Gasteiger partial charge in [-0.3, -0.25) is 4.57 Å². The average Bonchev–Trinajstić information content (AvgIpc) is 2.90. The lowest BCUT2D eigenvalue weighted by Gasteiger charge is -2.33. The normalized spacial score (nSPS) is 14.8. The van der Waals surface area contributed by atoms with Crippen molar-refractivity contribution in [3.05, 3.63) is 48.0 Å². The number of aliphatic hydroxyl groups is 1. The highest BCUT2D eigenvalue weighted by molar-refractivity contribution is 6.30. The Morgan fingerprint density at radius 3 is 2.40 bits per heavy atom. The van der Waals surface area contributed by atoms with Gasteiger partial charge in [0, 0.05) is 17.4 Å². The van der Waals surface area contributed by atoms with Gasteiger partial charge in [-0.1, -0.05) is 32.4 Å². The molecule has 0 bridgehead atoms. The molecule has 1 aromatic heterocycles. The monoisotopic (exact) mass is 294 g/mol. The number of halogens is 1. The second-order valence-electron chi connectivity index (χ2n) is 5.78. The number of hydrogen-bond acceptors (Lipinski definition) is 3. The van der Waals surface area contributed by atoms with Crippen molar-refractivity contribution in [1.82, 2.24) is 9.55 Å². The molecule has 0 unspecified atom stereocenters. The maximum Gasteiger partial charge on any atom is 0.203 e. The van der Waals surface area contributed by atoms with Crippen molar-refractivity contribution in [3.8, 4) is 5.75 Å². The summed E-state index contributed by atoms with van der Waals surface area (Å²) >= 11 is 5.86. The third-order valence-electron chi connectivity index (χ3n) is 3.05. The smallest absolute Gasteiger partial charge is 0.203 e. The Morgan fingerprint density at radius 1 is 1.25 bits per heavy atom. The van der Waals surface area contributed by atoms with E-state index >= 15 is 0 Å². The van der Waals surface area contributed by atoms with E-state index < -0.39 is 12.3 Å². The van der Waals surface area contributed by atoms with Crippen LogP contribution in [0.1, 0.15) is 27.0 Å². The maximum absolute atomic E-state index is 10.5. The summed E-state index contributed by atoms with van der Waals surface area (Å²) in [5, 5.41) is 11.2. The van der Waals surface area contributed by atoms with Gasteiger partial charge in [-0.15, -0.1) is 0 Å². The Morgan fingerprint density at radius 2 is 1.90 bits per heavy atom. The van der Waals surface area contributed by atoms with Crippen LogP contribution in [-0.4, -0.2) is 20.8 Å². The Bertz CT molecular complexity index is 532. The van der Waals surface area contributed by atoms with Gasteiger partial charge in [-0.2, -0.15) is 0 Å². The molecule has 0 amide bonds. The van der Waals surface area contributed by atoms with E-state index in [9.17, 15) is 5.11 Å². The lowest BCUT2D eigenvalue weighted by atomic mass is 9.88. The van der Waals surface area contributed by atoms with Crippen LogP contribution in [0.3, 0.4) is 0 Å². The summed E-state index contributed by atoms with van der Waals surface area (Å²) in [5.74, 6) is 0.649. The molecule has 1 aromatic carbocycles. The van der Waals surface area contributed by atoms with Crippen molar-refractivity contribution in [2.75, 3.05) is 0 Å². The number of benzene rings is 1. The van der Waals surface area contributed by atoms with Gasteiger partial charge in [0.2, 0.25) is 6.23 Å². The van der Waals surface area contributed by atoms with Crippen LogP contribution >= 0.6 is 11.6 Å². The van der Waals surface area contributed by atoms with Crippen molar-refractivity contribution < 1.29 is 9.84 Å². The minimum absolute atomic E-state index is 0.318. The molecule has 1 N–H and O–H groups in total. The van der Waals surface area contributed by atoms with E-state index in [0.717, 1.165) is 0 Å². The second kappa shape index (κ2) is 5.85. The number of rotatable bonds is 4. The van der Waals surface area contributed by atoms with E-state index in [4.69, 9.17) is 16.3 Å². The molecule has 0 saturated heterocycles. The molecule has 0 aliphatic carbocycles. The van der Waals surface area contributed by atoms with Crippen LogP contribution in [0.4, 0.5) is 0 Å². The fraction of sp³-hybridized carbons (Fsp3) is 0.400. The fourth-order valence-corrected chi connectivity index (χ4v) is 1.91. The molecule has 1 heterocycles. The van der Waals surface area contributed by atoms with Crippen LogP contribution in [0.15, 0.2) is 43.0 Å². The fourth-order valence-electron chi connectivity index (χ4n) is 1.79. The first kappa shape index (κ1) is 14.9. The summed E-state index contributed by atoms with van der Waals surface area (Å²) in [6.07, 6.45) is 3.84. The molecule has 5 heteroatoms. The van der Waals surface area contributed by atoms with Crippen LogP contribution in [0.25, 0.3) is 0 Å². The zero-order chi connectivity index (χ0) is 14.8. The van der Waals surface area contributed by atoms with Gasteiger partial charge < -0.3 is 9.84 Å². The van der Waals surface area contributed by atoms with Crippen LogP contribution in [0, 0.1) is 5.41 Å². The summed E-state index contributed by atoms with van der Waals surface area (Å²) in [7, 11) is 0. The predicted octanol–water partition coefficient (Wildman–Crippen LogP) is 3.52. The molecule has 2 atom stereocenters. The second-order valence-corrected chi connectivity index (χ2v) is 6.22.